The van der Waals surface area contributed by atoms with E-state index in [1.165, 1.54) is 6.20 Å². The molecule has 0 aliphatic carbocycles. The second-order valence-electron chi connectivity index (χ2n) is 5.37. The van der Waals surface area contributed by atoms with Crippen molar-refractivity contribution in [2.75, 3.05) is 20.2 Å². The maximum atomic E-state index is 12.4. The molecule has 0 atom stereocenters. The zero-order valence-corrected chi connectivity index (χ0v) is 13.1. The van der Waals surface area contributed by atoms with Crippen LogP contribution in [0.5, 0.6) is 5.75 Å². The summed E-state index contributed by atoms with van der Waals surface area (Å²) >= 11 is 0. The third kappa shape index (κ3) is 2.40. The molecule has 0 unspecified atom stereocenters. The van der Waals surface area contributed by atoms with Gasteiger partial charge in [0.2, 0.25) is 5.96 Å². The Morgan fingerprint density at radius 3 is 3.04 bits per heavy atom. The Morgan fingerprint density at radius 1 is 1.33 bits per heavy atom. The summed E-state index contributed by atoms with van der Waals surface area (Å²) in [6.45, 7) is 1.34. The molecule has 2 aliphatic heterocycles. The average Bonchev–Trinajstić information content (AvgIpc) is 3.12. The van der Waals surface area contributed by atoms with Crippen LogP contribution < -0.4 is 10.1 Å². The van der Waals surface area contributed by atoms with Crippen molar-refractivity contribution < 1.29 is 9.53 Å². The molecule has 24 heavy (non-hydrogen) atoms. The predicted molar refractivity (Wildman–Crippen MR) is 89.9 cm³/mol. The van der Waals surface area contributed by atoms with E-state index < -0.39 is 0 Å². The molecule has 3 heterocycles. The van der Waals surface area contributed by atoms with Crippen molar-refractivity contribution >= 4 is 23.4 Å². The first-order valence-electron chi connectivity index (χ1n) is 7.57. The highest BCUT2D eigenvalue weighted by Gasteiger charge is 2.30. The number of nitrogens with one attached hydrogen (secondary N) is 1. The van der Waals surface area contributed by atoms with Crippen LogP contribution in [0.1, 0.15) is 15.9 Å². The van der Waals surface area contributed by atoms with Gasteiger partial charge in [-0.2, -0.15) is 0 Å². The zero-order chi connectivity index (χ0) is 16.5. The lowest BCUT2D eigenvalue weighted by Crippen LogP contribution is -2.47. The first kappa shape index (κ1) is 14.4. The summed E-state index contributed by atoms with van der Waals surface area (Å²) in [4.78, 5) is 27.4. The van der Waals surface area contributed by atoms with Gasteiger partial charge in [-0.1, -0.05) is 0 Å². The third-order valence-electron chi connectivity index (χ3n) is 3.92. The normalized spacial score (nSPS) is 15.1. The van der Waals surface area contributed by atoms with Crippen molar-refractivity contribution in [2.45, 2.75) is 0 Å². The van der Waals surface area contributed by atoms with Crippen molar-refractivity contribution in [3.63, 3.8) is 0 Å². The second kappa shape index (κ2) is 5.77. The summed E-state index contributed by atoms with van der Waals surface area (Å²) in [5.74, 6) is 1.80. The topological polar surface area (TPSA) is 79.2 Å². The Balaban J connectivity index is 1.69. The van der Waals surface area contributed by atoms with E-state index in [-0.39, 0.29) is 5.91 Å². The van der Waals surface area contributed by atoms with Gasteiger partial charge in [-0.05, 0) is 30.3 Å². The van der Waals surface area contributed by atoms with Crippen LogP contribution in [0.25, 0.3) is 0 Å². The summed E-state index contributed by atoms with van der Waals surface area (Å²) < 4.78 is 5.28. The highest BCUT2D eigenvalue weighted by molar-refractivity contribution is 6.19. The van der Waals surface area contributed by atoms with Crippen molar-refractivity contribution in [1.29, 1.82) is 0 Å². The van der Waals surface area contributed by atoms with Crippen LogP contribution >= 0.6 is 0 Å². The molecule has 0 saturated heterocycles. The lowest BCUT2D eigenvalue weighted by atomic mass is 10.1. The summed E-state index contributed by atoms with van der Waals surface area (Å²) in [6.07, 6.45) is 3.15. The number of benzene rings is 1. The second-order valence-corrected chi connectivity index (χ2v) is 5.37. The highest BCUT2D eigenvalue weighted by atomic mass is 16.5. The molecule has 0 saturated carbocycles. The highest BCUT2D eigenvalue weighted by Crippen LogP contribution is 2.31. The maximum Gasteiger partial charge on any atom is 0.259 e. The number of pyridine rings is 1. The molecule has 2 aromatic rings. The Hall–Kier alpha value is -3.22. The first-order valence-corrected chi connectivity index (χ1v) is 7.57. The van der Waals surface area contributed by atoms with Crippen molar-refractivity contribution in [3.05, 3.63) is 53.9 Å². The fourth-order valence-electron chi connectivity index (χ4n) is 2.74. The van der Waals surface area contributed by atoms with Gasteiger partial charge in [-0.3, -0.25) is 25.0 Å². The molecular formula is C17H15N5O2. The van der Waals surface area contributed by atoms with E-state index in [1.807, 2.05) is 23.1 Å². The molecule has 1 N–H and O–H groups in total. The lowest BCUT2D eigenvalue weighted by molar-refractivity contribution is 0.0973. The fraction of sp³-hybridized carbons (Fsp3) is 0.176. The summed E-state index contributed by atoms with van der Waals surface area (Å²) in [6, 6.07) is 9.05. The average molecular weight is 321 g/mol. The van der Waals surface area contributed by atoms with Crippen molar-refractivity contribution in [3.8, 4) is 5.75 Å². The van der Waals surface area contributed by atoms with E-state index in [0.29, 0.717) is 24.6 Å². The largest absolute Gasteiger partial charge is 0.497 e. The van der Waals surface area contributed by atoms with Crippen LogP contribution in [0.2, 0.25) is 0 Å². The van der Waals surface area contributed by atoms with Gasteiger partial charge in [0.15, 0.2) is 0 Å². The Morgan fingerprint density at radius 2 is 2.25 bits per heavy atom. The Kier molecular flexibility index (Phi) is 3.45. The molecule has 0 bridgehead atoms. The van der Waals surface area contributed by atoms with E-state index in [1.54, 1.807) is 25.4 Å². The van der Waals surface area contributed by atoms with Crippen LogP contribution in [0.4, 0.5) is 5.69 Å². The molecular weight excluding hydrogens is 306 g/mol. The number of methoxy groups -OCH3 is 1. The van der Waals surface area contributed by atoms with Crippen molar-refractivity contribution in [1.82, 2.24) is 15.2 Å². The van der Waals surface area contributed by atoms with Gasteiger partial charge in [0.1, 0.15) is 11.6 Å². The SMILES string of the molecule is COc1ccc2c(c1)C1=NCCN1C(NC(=O)c1cccnc1)=N2. The van der Waals surface area contributed by atoms with Crippen LogP contribution in [0, 0.1) is 0 Å². The van der Waals surface area contributed by atoms with Gasteiger partial charge in [-0.15, -0.1) is 0 Å². The number of carbonyl (C=O) groups excluding carboxylic acids is 1. The quantitative estimate of drug-likeness (QED) is 0.911. The molecule has 0 spiro atoms. The van der Waals surface area contributed by atoms with Gasteiger partial charge in [0, 0.05) is 24.5 Å². The number of rotatable bonds is 2. The molecule has 7 heteroatoms. The number of guanidine groups is 1. The number of amidine groups is 1. The number of fused-ring (bicyclic) bond motifs is 3. The summed E-state index contributed by atoms with van der Waals surface area (Å²) in [7, 11) is 1.63. The van der Waals surface area contributed by atoms with Crippen LogP contribution in [0.15, 0.2) is 52.7 Å². The number of carbonyl (C=O) groups is 1. The molecule has 1 amide bonds. The molecule has 1 aromatic heterocycles. The number of nitrogens with zero attached hydrogens (tertiary/aromatic N) is 4. The minimum absolute atomic E-state index is 0.245. The number of hydrogen-bond acceptors (Lipinski definition) is 6. The summed E-state index contributed by atoms with van der Waals surface area (Å²) in [5.41, 5.74) is 2.15. The van der Waals surface area contributed by atoms with Crippen LogP contribution in [-0.2, 0) is 0 Å². The Labute approximate surface area is 138 Å². The molecule has 0 fully saturated rings. The monoisotopic (exact) mass is 321 g/mol. The first-order chi connectivity index (χ1) is 11.8. The smallest absolute Gasteiger partial charge is 0.259 e. The number of aliphatic imine (C=N–C) groups is 2. The number of hydrogen-bond donors (Lipinski definition) is 1. The fourth-order valence-corrected chi connectivity index (χ4v) is 2.74. The van der Waals surface area contributed by atoms with E-state index >= 15 is 0 Å². The number of amides is 1. The van der Waals surface area contributed by atoms with E-state index in [4.69, 9.17) is 4.74 Å². The number of ether oxygens (including phenoxy) is 1. The molecule has 120 valence electrons. The van der Waals surface area contributed by atoms with Gasteiger partial charge in [-0.25, -0.2) is 4.99 Å². The van der Waals surface area contributed by atoms with Gasteiger partial charge < -0.3 is 4.74 Å². The molecule has 7 nitrogen and oxygen atoms in total. The van der Waals surface area contributed by atoms with Gasteiger partial charge in [0.25, 0.3) is 5.91 Å². The van der Waals surface area contributed by atoms with Crippen LogP contribution in [-0.4, -0.2) is 47.8 Å². The predicted octanol–water partition coefficient (Wildman–Crippen LogP) is 1.58. The molecule has 2 aliphatic rings. The maximum absolute atomic E-state index is 12.4. The minimum Gasteiger partial charge on any atom is -0.497 e. The molecule has 0 radical (unpaired) electrons. The number of aromatic nitrogens is 1. The van der Waals surface area contributed by atoms with Gasteiger partial charge >= 0.3 is 0 Å². The Bertz CT molecular complexity index is 861. The van der Waals surface area contributed by atoms with Crippen molar-refractivity contribution in [2.24, 2.45) is 9.98 Å². The zero-order valence-electron chi connectivity index (χ0n) is 13.1. The third-order valence-corrected chi connectivity index (χ3v) is 3.92. The van der Waals surface area contributed by atoms with E-state index in [2.05, 4.69) is 20.3 Å². The summed E-state index contributed by atoms with van der Waals surface area (Å²) in [5, 5.41) is 2.86. The molecule has 4 rings (SSSR count). The van der Waals surface area contributed by atoms with E-state index in [9.17, 15) is 4.79 Å². The van der Waals surface area contributed by atoms with E-state index in [0.717, 1.165) is 22.8 Å². The molecule has 1 aromatic carbocycles. The van der Waals surface area contributed by atoms with Gasteiger partial charge in [0.05, 0.1) is 24.9 Å². The van der Waals surface area contributed by atoms with Crippen LogP contribution in [0.3, 0.4) is 0 Å². The minimum atomic E-state index is -0.245. The lowest BCUT2D eigenvalue weighted by Gasteiger charge is -2.27. The standard InChI is InChI=1S/C17H15N5O2/c1-24-12-4-5-14-13(9-12)15-19-7-8-22(15)17(20-14)21-16(23)11-3-2-6-18-10-11/h2-6,9-10H,7-8H2,1H3,(H,20,21,23).